The maximum absolute atomic E-state index is 10.4. The average Bonchev–Trinajstić information content (AvgIpc) is 2.15. The Morgan fingerprint density at radius 3 is 2.27 bits per heavy atom. The monoisotopic (exact) mass is 231 g/mol. The van der Waals surface area contributed by atoms with Crippen molar-refractivity contribution in [3.05, 3.63) is 36.2 Å². The van der Waals surface area contributed by atoms with Gasteiger partial charge in [-0.15, -0.1) is 0 Å². The second kappa shape index (κ2) is 4.61. The molecule has 0 aliphatic rings. The number of benzene rings is 1. The van der Waals surface area contributed by atoms with Gasteiger partial charge in [-0.25, -0.2) is 0 Å². The summed E-state index contributed by atoms with van der Waals surface area (Å²) >= 11 is 0. The normalized spacial score (nSPS) is 13.7. The van der Waals surface area contributed by atoms with E-state index in [1.165, 1.54) is 12.1 Å². The lowest BCUT2D eigenvalue weighted by Crippen LogP contribution is -2.20. The summed E-state index contributed by atoms with van der Waals surface area (Å²) in [6, 6.07) is 6.07. The van der Waals surface area contributed by atoms with Gasteiger partial charge < -0.3 is 10.2 Å². The van der Waals surface area contributed by atoms with Gasteiger partial charge in [0.15, 0.2) is 5.44 Å². The van der Waals surface area contributed by atoms with Gasteiger partial charge in [-0.2, -0.15) is 8.42 Å². The smallest absolute Gasteiger partial charge is 0.292 e. The van der Waals surface area contributed by atoms with Crippen molar-refractivity contribution < 1.29 is 23.2 Å². The van der Waals surface area contributed by atoms with Gasteiger partial charge in [0.2, 0.25) is 0 Å². The maximum atomic E-state index is 10.4. The van der Waals surface area contributed by atoms with Crippen molar-refractivity contribution in [1.82, 2.24) is 0 Å². The minimum atomic E-state index is -4.43. The Kier molecular flexibility index (Phi) is 3.67. The summed E-state index contributed by atoms with van der Waals surface area (Å²) in [6.45, 7) is 0. The first kappa shape index (κ1) is 12.0. The van der Waals surface area contributed by atoms with Gasteiger partial charge in [0.05, 0.1) is 0 Å². The van der Waals surface area contributed by atoms with Gasteiger partial charge in [-0.1, -0.05) is 12.1 Å². The van der Waals surface area contributed by atoms with Crippen molar-refractivity contribution in [3.8, 4) is 5.75 Å². The Labute approximate surface area is 87.7 Å². The number of rotatable bonds is 4. The Morgan fingerprint density at radius 2 is 1.80 bits per heavy atom. The SMILES string of the molecule is O=S(=O)(O)C(O)[CH]Cc1ccc(O)cc1. The van der Waals surface area contributed by atoms with E-state index in [2.05, 4.69) is 0 Å². The van der Waals surface area contributed by atoms with Crippen LogP contribution in [0.25, 0.3) is 0 Å². The molecule has 0 saturated heterocycles. The Bertz CT molecular complexity index is 409. The topological polar surface area (TPSA) is 94.8 Å². The Hall–Kier alpha value is -1.11. The van der Waals surface area contributed by atoms with E-state index in [9.17, 15) is 8.42 Å². The molecule has 0 fully saturated rings. The molecule has 15 heavy (non-hydrogen) atoms. The van der Waals surface area contributed by atoms with E-state index >= 15 is 0 Å². The van der Waals surface area contributed by atoms with Crippen molar-refractivity contribution in [3.63, 3.8) is 0 Å². The standard InChI is InChI=1S/C9H11O5S/c10-8-4-1-7(2-5-8)3-6-9(11)15(12,13)14/h1-2,4-6,9-11H,3H2,(H,12,13,14). The zero-order chi connectivity index (χ0) is 11.5. The molecule has 0 heterocycles. The molecule has 1 aromatic rings. The lowest BCUT2D eigenvalue weighted by atomic mass is 10.1. The molecule has 1 radical (unpaired) electrons. The second-order valence-electron chi connectivity index (χ2n) is 3.01. The van der Waals surface area contributed by atoms with Gasteiger partial charge in [-0.05, 0) is 24.1 Å². The van der Waals surface area contributed by atoms with Crippen LogP contribution in [0.4, 0.5) is 0 Å². The largest absolute Gasteiger partial charge is 0.508 e. The molecule has 1 unspecified atom stereocenters. The third-order valence-electron chi connectivity index (χ3n) is 1.80. The van der Waals surface area contributed by atoms with E-state index in [1.54, 1.807) is 12.1 Å². The number of aliphatic hydroxyl groups excluding tert-OH is 1. The van der Waals surface area contributed by atoms with Crippen molar-refractivity contribution in [1.29, 1.82) is 0 Å². The first-order chi connectivity index (χ1) is 6.89. The summed E-state index contributed by atoms with van der Waals surface area (Å²) in [6.07, 6.45) is 1.24. The van der Waals surface area contributed by atoms with Crippen LogP contribution in [0.5, 0.6) is 5.75 Å². The third-order valence-corrected chi connectivity index (χ3v) is 2.60. The summed E-state index contributed by atoms with van der Waals surface area (Å²) < 4.78 is 29.3. The van der Waals surface area contributed by atoms with Crippen molar-refractivity contribution in [2.75, 3.05) is 0 Å². The number of aliphatic hydroxyl groups is 1. The fourth-order valence-corrected chi connectivity index (χ4v) is 1.33. The number of phenols is 1. The summed E-state index contributed by atoms with van der Waals surface area (Å²) in [5.74, 6) is 0.106. The fourth-order valence-electron chi connectivity index (χ4n) is 0.991. The van der Waals surface area contributed by atoms with Gasteiger partial charge in [-0.3, -0.25) is 4.55 Å². The first-order valence-corrected chi connectivity index (χ1v) is 5.65. The molecule has 0 spiro atoms. The predicted octanol–water partition coefficient (Wildman–Crippen LogP) is 0.345. The maximum Gasteiger partial charge on any atom is 0.292 e. The highest BCUT2D eigenvalue weighted by Gasteiger charge is 2.19. The first-order valence-electron chi connectivity index (χ1n) is 4.15. The molecule has 0 amide bonds. The molecule has 1 atom stereocenters. The molecule has 6 heteroatoms. The lowest BCUT2D eigenvalue weighted by molar-refractivity contribution is 0.259. The van der Waals surface area contributed by atoms with Gasteiger partial charge in [0, 0.05) is 6.42 Å². The van der Waals surface area contributed by atoms with Crippen molar-refractivity contribution in [2.45, 2.75) is 11.9 Å². The number of hydrogen-bond donors (Lipinski definition) is 3. The molecule has 0 aliphatic carbocycles. The van der Waals surface area contributed by atoms with Gasteiger partial charge in [0.1, 0.15) is 5.75 Å². The number of phenolic OH excluding ortho intramolecular Hbond substituents is 1. The fraction of sp³-hybridized carbons (Fsp3) is 0.222. The van der Waals surface area contributed by atoms with Crippen LogP contribution in [0, 0.1) is 6.42 Å². The highest BCUT2D eigenvalue weighted by molar-refractivity contribution is 7.86. The number of hydrogen-bond acceptors (Lipinski definition) is 4. The van der Waals surface area contributed by atoms with E-state index in [0.717, 1.165) is 12.0 Å². The summed E-state index contributed by atoms with van der Waals surface area (Å²) in [4.78, 5) is 0. The quantitative estimate of drug-likeness (QED) is 0.650. The van der Waals surface area contributed by atoms with E-state index < -0.39 is 15.6 Å². The number of aromatic hydroxyl groups is 1. The van der Waals surface area contributed by atoms with Crippen LogP contribution in [0.2, 0.25) is 0 Å². The van der Waals surface area contributed by atoms with E-state index in [-0.39, 0.29) is 12.2 Å². The predicted molar refractivity (Wildman–Crippen MR) is 53.7 cm³/mol. The molecular formula is C9H11O5S. The summed E-state index contributed by atoms with van der Waals surface area (Å²) in [5.41, 5.74) is -1.16. The molecule has 0 aliphatic heterocycles. The second-order valence-corrected chi connectivity index (χ2v) is 4.52. The minimum absolute atomic E-state index is 0.106. The summed E-state index contributed by atoms with van der Waals surface area (Å²) in [7, 11) is -4.43. The van der Waals surface area contributed by atoms with Crippen LogP contribution in [0.15, 0.2) is 24.3 Å². The molecule has 1 rings (SSSR count). The zero-order valence-corrected chi connectivity index (χ0v) is 8.55. The highest BCUT2D eigenvalue weighted by Crippen LogP contribution is 2.12. The molecule has 0 saturated carbocycles. The van der Waals surface area contributed by atoms with Gasteiger partial charge in [0.25, 0.3) is 10.1 Å². The molecule has 5 nitrogen and oxygen atoms in total. The molecule has 0 aromatic heterocycles. The Morgan fingerprint density at radius 1 is 1.27 bits per heavy atom. The average molecular weight is 231 g/mol. The van der Waals surface area contributed by atoms with Crippen LogP contribution < -0.4 is 0 Å². The lowest BCUT2D eigenvalue weighted by Gasteiger charge is -2.06. The molecule has 0 bridgehead atoms. The van der Waals surface area contributed by atoms with Crippen molar-refractivity contribution >= 4 is 10.1 Å². The molecule has 3 N–H and O–H groups in total. The molecule has 1 aromatic carbocycles. The van der Waals surface area contributed by atoms with Gasteiger partial charge >= 0.3 is 0 Å². The van der Waals surface area contributed by atoms with E-state index in [0.29, 0.717) is 0 Å². The molecule has 83 valence electrons. The van der Waals surface area contributed by atoms with Crippen LogP contribution in [-0.2, 0) is 16.5 Å². The van der Waals surface area contributed by atoms with Crippen LogP contribution in [0.1, 0.15) is 5.56 Å². The zero-order valence-electron chi connectivity index (χ0n) is 7.74. The van der Waals surface area contributed by atoms with E-state index in [1.807, 2.05) is 0 Å². The van der Waals surface area contributed by atoms with Crippen LogP contribution in [0.3, 0.4) is 0 Å². The van der Waals surface area contributed by atoms with Crippen LogP contribution in [-0.4, -0.2) is 28.6 Å². The van der Waals surface area contributed by atoms with Crippen LogP contribution >= 0.6 is 0 Å². The van der Waals surface area contributed by atoms with E-state index in [4.69, 9.17) is 14.8 Å². The Balaban J connectivity index is 2.55. The third kappa shape index (κ3) is 3.86. The highest BCUT2D eigenvalue weighted by atomic mass is 32.2. The minimum Gasteiger partial charge on any atom is -0.508 e. The van der Waals surface area contributed by atoms with Crippen molar-refractivity contribution in [2.24, 2.45) is 0 Å². The summed E-state index contributed by atoms with van der Waals surface area (Å²) in [5, 5.41) is 17.9. The molecular weight excluding hydrogens is 220 g/mol.